The molecule has 100 valence electrons. The van der Waals surface area contributed by atoms with Gasteiger partial charge in [-0.05, 0) is 5.56 Å². The lowest BCUT2D eigenvalue weighted by Gasteiger charge is -2.11. The lowest BCUT2D eigenvalue weighted by molar-refractivity contribution is -0.307. The van der Waals surface area contributed by atoms with Crippen LogP contribution in [0.3, 0.4) is 0 Å². The molecule has 1 aromatic carbocycles. The van der Waals surface area contributed by atoms with Crippen LogP contribution in [0.2, 0.25) is 0 Å². The van der Waals surface area contributed by atoms with Crippen molar-refractivity contribution in [2.45, 2.75) is 12.8 Å². The molecule has 0 N–H and O–H groups in total. The van der Waals surface area contributed by atoms with Crippen molar-refractivity contribution in [3.8, 4) is 0 Å². The Kier molecular flexibility index (Phi) is 5.00. The third-order valence-electron chi connectivity index (χ3n) is 2.68. The highest BCUT2D eigenvalue weighted by molar-refractivity contribution is 6.12. The Hall–Kier alpha value is -2.43. The number of carboxylic acids is 1. The second-order valence-electron chi connectivity index (χ2n) is 4.02. The molecule has 19 heavy (non-hydrogen) atoms. The molecule has 0 spiro atoms. The van der Waals surface area contributed by atoms with E-state index in [0.29, 0.717) is 0 Å². The van der Waals surface area contributed by atoms with Crippen molar-refractivity contribution >= 4 is 17.8 Å². The number of likely N-dealkylation sites (N-methyl/N-ethyl adjacent to an activating group) is 1. The second kappa shape index (κ2) is 6.49. The quantitative estimate of drug-likeness (QED) is 0.706. The third-order valence-corrected chi connectivity index (χ3v) is 2.68. The average molecular weight is 260 g/mol. The van der Waals surface area contributed by atoms with Crippen molar-refractivity contribution in [3.05, 3.63) is 48.0 Å². The van der Waals surface area contributed by atoms with Gasteiger partial charge in [0.2, 0.25) is 0 Å². The minimum absolute atomic E-state index is 0.241. The van der Waals surface area contributed by atoms with E-state index in [9.17, 15) is 19.5 Å². The third kappa shape index (κ3) is 4.06. The molecule has 1 unspecified atom stereocenters. The molecule has 1 aliphatic rings. The first kappa shape index (κ1) is 14.6. The van der Waals surface area contributed by atoms with E-state index >= 15 is 0 Å². The molecule has 5 heteroatoms. The van der Waals surface area contributed by atoms with E-state index < -0.39 is 11.9 Å². The van der Waals surface area contributed by atoms with Crippen LogP contribution >= 0.6 is 0 Å². The number of carboxylic acid groups (broad SMARTS) is 1. The predicted octanol–water partition coefficient (Wildman–Crippen LogP) is 0.0812. The Morgan fingerprint density at radius 3 is 1.89 bits per heavy atom. The zero-order chi connectivity index (χ0) is 14.4. The number of amides is 2. The lowest BCUT2D eigenvalue weighted by Crippen LogP contribution is -2.27. The van der Waals surface area contributed by atoms with Gasteiger partial charge in [0.05, 0.1) is 0 Å². The molecule has 0 aliphatic carbocycles. The van der Waals surface area contributed by atoms with E-state index in [1.165, 1.54) is 19.2 Å². The maximum Gasteiger partial charge on any atom is 0.253 e. The summed E-state index contributed by atoms with van der Waals surface area (Å²) in [6.07, 6.45) is 2.50. The summed E-state index contributed by atoms with van der Waals surface area (Å²) >= 11 is 0. The van der Waals surface area contributed by atoms with Crippen LogP contribution in [0.4, 0.5) is 0 Å². The molecule has 5 nitrogen and oxygen atoms in total. The number of benzene rings is 1. The van der Waals surface area contributed by atoms with Gasteiger partial charge in [0, 0.05) is 31.1 Å². The van der Waals surface area contributed by atoms with Crippen molar-refractivity contribution in [3.63, 3.8) is 0 Å². The molecule has 1 aliphatic heterocycles. The Labute approximate surface area is 111 Å². The van der Waals surface area contributed by atoms with Crippen molar-refractivity contribution in [1.29, 1.82) is 0 Å². The number of hydrogen-bond donors (Lipinski definition) is 0. The fourth-order valence-corrected chi connectivity index (χ4v) is 1.35. The van der Waals surface area contributed by atoms with Crippen LogP contribution in [0.5, 0.6) is 0 Å². The number of carbonyl (C=O) groups is 3. The predicted molar refractivity (Wildman–Crippen MR) is 66.8 cm³/mol. The van der Waals surface area contributed by atoms with E-state index in [1.54, 1.807) is 19.1 Å². The fourth-order valence-electron chi connectivity index (χ4n) is 1.35. The highest BCUT2D eigenvalue weighted by Crippen LogP contribution is 2.12. The lowest BCUT2D eigenvalue weighted by atomic mass is 10.0. The first-order valence-corrected chi connectivity index (χ1v) is 5.69. The molecule has 2 rings (SSSR count). The van der Waals surface area contributed by atoms with Gasteiger partial charge >= 0.3 is 0 Å². The number of aliphatic carboxylic acids is 1. The van der Waals surface area contributed by atoms with Crippen LogP contribution < -0.4 is 5.11 Å². The molecular formula is C14H14NO4-. The molecule has 0 fully saturated rings. The summed E-state index contributed by atoms with van der Waals surface area (Å²) in [6.45, 7) is 1.62. The van der Waals surface area contributed by atoms with E-state index in [4.69, 9.17) is 0 Å². The molecule has 1 atom stereocenters. The van der Waals surface area contributed by atoms with Crippen molar-refractivity contribution in [2.75, 3.05) is 7.05 Å². The van der Waals surface area contributed by atoms with Gasteiger partial charge in [-0.1, -0.05) is 37.3 Å². The van der Waals surface area contributed by atoms with Crippen molar-refractivity contribution < 1.29 is 19.5 Å². The van der Waals surface area contributed by atoms with E-state index in [-0.39, 0.29) is 11.8 Å². The van der Waals surface area contributed by atoms with E-state index in [1.807, 2.05) is 18.2 Å². The highest BCUT2D eigenvalue weighted by Gasteiger charge is 2.17. The Balaban J connectivity index is 0.000000200. The summed E-state index contributed by atoms with van der Waals surface area (Å²) in [7, 11) is 1.45. The molecule has 1 heterocycles. The molecule has 0 bridgehead atoms. The molecular weight excluding hydrogens is 246 g/mol. The Bertz CT molecular complexity index is 489. The van der Waals surface area contributed by atoms with Crippen LogP contribution in [-0.4, -0.2) is 29.7 Å². The van der Waals surface area contributed by atoms with Gasteiger partial charge in [0.1, 0.15) is 0 Å². The van der Waals surface area contributed by atoms with Crippen LogP contribution in [-0.2, 0) is 14.4 Å². The van der Waals surface area contributed by atoms with Gasteiger partial charge in [0.25, 0.3) is 11.8 Å². The summed E-state index contributed by atoms with van der Waals surface area (Å²) in [6, 6.07) is 9.04. The SMILES string of the molecule is CC(C(=O)[O-])c1ccccc1.CN1C(=O)C=CC1=O. The van der Waals surface area contributed by atoms with Crippen LogP contribution in [0.1, 0.15) is 18.4 Å². The van der Waals surface area contributed by atoms with Crippen LogP contribution in [0.25, 0.3) is 0 Å². The maximum absolute atomic E-state index is 10.4. The van der Waals surface area contributed by atoms with Crippen molar-refractivity contribution in [1.82, 2.24) is 4.90 Å². The van der Waals surface area contributed by atoms with Crippen molar-refractivity contribution in [2.24, 2.45) is 0 Å². The zero-order valence-corrected chi connectivity index (χ0v) is 10.7. The molecule has 1 aromatic rings. The number of carbonyl (C=O) groups excluding carboxylic acids is 3. The first-order valence-electron chi connectivity index (χ1n) is 5.69. The number of nitrogens with zero attached hydrogens (tertiary/aromatic N) is 1. The van der Waals surface area contributed by atoms with E-state index in [2.05, 4.69) is 0 Å². The zero-order valence-electron chi connectivity index (χ0n) is 10.7. The topological polar surface area (TPSA) is 77.5 Å². The van der Waals surface area contributed by atoms with Gasteiger partial charge in [-0.15, -0.1) is 0 Å². The largest absolute Gasteiger partial charge is 0.550 e. The van der Waals surface area contributed by atoms with E-state index in [0.717, 1.165) is 10.5 Å². The fraction of sp³-hybridized carbons (Fsp3) is 0.214. The summed E-state index contributed by atoms with van der Waals surface area (Å²) in [5, 5.41) is 10.4. The molecule has 0 saturated carbocycles. The summed E-state index contributed by atoms with van der Waals surface area (Å²) in [5.41, 5.74) is 0.785. The molecule has 0 saturated heterocycles. The minimum atomic E-state index is -1.03. The monoisotopic (exact) mass is 260 g/mol. The Morgan fingerprint density at radius 2 is 1.58 bits per heavy atom. The van der Waals surface area contributed by atoms with Gasteiger partial charge in [-0.2, -0.15) is 0 Å². The molecule has 0 aromatic heterocycles. The maximum atomic E-state index is 10.4. The molecule has 2 amide bonds. The highest BCUT2D eigenvalue weighted by atomic mass is 16.4. The smallest absolute Gasteiger partial charge is 0.253 e. The van der Waals surface area contributed by atoms with Crippen LogP contribution in [0, 0.1) is 0 Å². The Morgan fingerprint density at radius 1 is 1.11 bits per heavy atom. The van der Waals surface area contributed by atoms with Gasteiger partial charge in [0.15, 0.2) is 0 Å². The summed E-state index contributed by atoms with van der Waals surface area (Å²) in [5.74, 6) is -2.03. The standard InChI is InChI=1S/C9H10O2.C5H5NO2/c1-7(9(10)11)8-5-3-2-4-6-8;1-6-4(7)2-3-5(6)8/h2-7H,1H3,(H,10,11);2-3H,1H3/p-1. The first-order chi connectivity index (χ1) is 8.93. The average Bonchev–Trinajstić information content (AvgIpc) is 2.71. The van der Waals surface area contributed by atoms with Gasteiger partial charge in [-0.25, -0.2) is 0 Å². The summed E-state index contributed by atoms with van der Waals surface area (Å²) < 4.78 is 0. The minimum Gasteiger partial charge on any atom is -0.550 e. The van der Waals surface area contributed by atoms with Gasteiger partial charge in [-0.3, -0.25) is 14.5 Å². The second-order valence-corrected chi connectivity index (χ2v) is 4.02. The van der Waals surface area contributed by atoms with Gasteiger partial charge < -0.3 is 9.90 Å². The molecule has 0 radical (unpaired) electrons. The normalized spacial score (nSPS) is 14.9. The summed E-state index contributed by atoms with van der Waals surface area (Å²) in [4.78, 5) is 32.2. The number of rotatable bonds is 2. The number of imide groups is 1. The number of hydrogen-bond acceptors (Lipinski definition) is 4. The van der Waals surface area contributed by atoms with Crippen LogP contribution in [0.15, 0.2) is 42.5 Å².